The highest BCUT2D eigenvalue weighted by molar-refractivity contribution is 6.62. The topological polar surface area (TPSA) is 55.4 Å². The first-order valence-electron chi connectivity index (χ1n) is 7.30. The molecule has 0 spiro atoms. The molecular weight excluding hydrogens is 292 g/mol. The number of hydrogen-bond acceptors (Lipinski definition) is 6. The van der Waals surface area contributed by atoms with Crippen molar-refractivity contribution >= 4 is 8.80 Å². The smallest absolute Gasteiger partial charge is 0.381 e. The molecule has 21 heavy (non-hydrogen) atoms. The summed E-state index contributed by atoms with van der Waals surface area (Å²) in [7, 11) is 5.49. The zero-order chi connectivity index (χ0) is 15.9. The molecule has 1 aliphatic rings. The molecule has 2 unspecified atom stereocenters. The average Bonchev–Trinajstić information content (AvgIpc) is 2.49. The molecule has 0 radical (unpaired) electrons. The standard InChI is InChI=1S/C14H30O6Si/c1-14(10-20-11-14)12(15-2)8-7-9-13(16-3)21(17-4,18-5)19-6/h12-13H,7-11H2,1-6H3. The lowest BCUT2D eigenvalue weighted by atomic mass is 9.80. The minimum atomic E-state index is -2.76. The van der Waals surface area contributed by atoms with Crippen molar-refractivity contribution < 1.29 is 27.5 Å². The molecule has 126 valence electrons. The summed E-state index contributed by atoms with van der Waals surface area (Å²) >= 11 is 0. The van der Waals surface area contributed by atoms with Crippen LogP contribution >= 0.6 is 0 Å². The lowest BCUT2D eigenvalue weighted by molar-refractivity contribution is -0.172. The molecule has 0 amide bonds. The summed E-state index contributed by atoms with van der Waals surface area (Å²) in [6, 6.07) is 0. The molecule has 0 aromatic carbocycles. The van der Waals surface area contributed by atoms with Crippen molar-refractivity contribution in [2.45, 2.75) is 38.0 Å². The molecule has 0 aromatic rings. The van der Waals surface area contributed by atoms with Crippen LogP contribution < -0.4 is 0 Å². The number of hydrogen-bond donors (Lipinski definition) is 0. The molecule has 1 fully saturated rings. The molecule has 0 aromatic heterocycles. The maximum absolute atomic E-state index is 5.63. The van der Waals surface area contributed by atoms with E-state index < -0.39 is 8.80 Å². The quantitative estimate of drug-likeness (QED) is 0.539. The van der Waals surface area contributed by atoms with Crippen LogP contribution in [0.4, 0.5) is 0 Å². The van der Waals surface area contributed by atoms with E-state index in [9.17, 15) is 0 Å². The Labute approximate surface area is 129 Å². The highest BCUT2D eigenvalue weighted by Crippen LogP contribution is 2.35. The van der Waals surface area contributed by atoms with Gasteiger partial charge in [0.2, 0.25) is 0 Å². The first-order valence-corrected chi connectivity index (χ1v) is 9.11. The molecule has 1 heterocycles. The van der Waals surface area contributed by atoms with Gasteiger partial charge < -0.3 is 27.5 Å². The van der Waals surface area contributed by atoms with Gasteiger partial charge in [-0.05, 0) is 19.3 Å². The van der Waals surface area contributed by atoms with E-state index in [1.54, 1.807) is 35.5 Å². The van der Waals surface area contributed by atoms with Gasteiger partial charge in [0.15, 0.2) is 0 Å². The van der Waals surface area contributed by atoms with Gasteiger partial charge in [0.1, 0.15) is 5.73 Å². The van der Waals surface area contributed by atoms with Gasteiger partial charge >= 0.3 is 8.80 Å². The number of rotatable bonds is 11. The Hall–Kier alpha value is -0.0231. The van der Waals surface area contributed by atoms with Gasteiger partial charge in [-0.15, -0.1) is 0 Å². The predicted octanol–water partition coefficient (Wildman–Crippen LogP) is 1.64. The van der Waals surface area contributed by atoms with Gasteiger partial charge in [0.25, 0.3) is 0 Å². The maximum atomic E-state index is 5.63. The van der Waals surface area contributed by atoms with Crippen molar-refractivity contribution in [1.29, 1.82) is 0 Å². The summed E-state index contributed by atoms with van der Waals surface area (Å²) in [4.78, 5) is 0. The van der Waals surface area contributed by atoms with Crippen LogP contribution in [-0.4, -0.2) is 69.4 Å². The largest absolute Gasteiger partial charge is 0.530 e. The second-order valence-corrected chi connectivity index (χ2v) is 8.82. The summed E-state index contributed by atoms with van der Waals surface area (Å²) in [6.45, 7) is 3.75. The molecule has 1 rings (SSSR count). The minimum absolute atomic E-state index is 0.135. The summed E-state index contributed by atoms with van der Waals surface area (Å²) in [5, 5.41) is 0. The Bertz CT molecular complexity index is 285. The van der Waals surface area contributed by atoms with E-state index in [1.165, 1.54) is 0 Å². The molecule has 0 aliphatic carbocycles. The highest BCUT2D eigenvalue weighted by atomic mass is 28.4. The Balaban J connectivity index is 2.51. The van der Waals surface area contributed by atoms with Crippen molar-refractivity contribution in [3.8, 4) is 0 Å². The SMILES string of the molecule is COC(CCCC(OC)[Si](OC)(OC)OC)C1(C)COC1. The number of ether oxygens (including phenoxy) is 3. The highest BCUT2D eigenvalue weighted by Gasteiger charge is 2.48. The molecule has 2 atom stereocenters. The lowest BCUT2D eigenvalue weighted by Crippen LogP contribution is -2.55. The van der Waals surface area contributed by atoms with Crippen molar-refractivity contribution in [1.82, 2.24) is 0 Å². The molecule has 1 aliphatic heterocycles. The van der Waals surface area contributed by atoms with Crippen molar-refractivity contribution in [2.24, 2.45) is 5.41 Å². The van der Waals surface area contributed by atoms with Crippen LogP contribution in [-0.2, 0) is 27.5 Å². The monoisotopic (exact) mass is 322 g/mol. The number of methoxy groups -OCH3 is 2. The van der Waals surface area contributed by atoms with E-state index in [4.69, 9.17) is 27.5 Å². The minimum Gasteiger partial charge on any atom is -0.381 e. The van der Waals surface area contributed by atoms with E-state index in [-0.39, 0.29) is 17.2 Å². The maximum Gasteiger partial charge on any atom is 0.530 e. The van der Waals surface area contributed by atoms with E-state index >= 15 is 0 Å². The molecule has 0 saturated carbocycles. The van der Waals surface area contributed by atoms with Crippen molar-refractivity contribution in [2.75, 3.05) is 48.8 Å². The Kier molecular flexibility index (Phi) is 7.76. The van der Waals surface area contributed by atoms with Crippen LogP contribution in [0, 0.1) is 5.41 Å². The molecular formula is C14H30O6Si. The van der Waals surface area contributed by atoms with Gasteiger partial charge in [0, 0.05) is 41.0 Å². The lowest BCUT2D eigenvalue weighted by Gasteiger charge is -2.43. The van der Waals surface area contributed by atoms with Crippen LogP contribution in [0.5, 0.6) is 0 Å². The van der Waals surface area contributed by atoms with Gasteiger partial charge in [-0.3, -0.25) is 0 Å². The van der Waals surface area contributed by atoms with Crippen LogP contribution in [0.2, 0.25) is 0 Å². The molecule has 7 heteroatoms. The Morgan fingerprint density at radius 2 is 1.52 bits per heavy atom. The van der Waals surface area contributed by atoms with Crippen LogP contribution in [0.1, 0.15) is 26.2 Å². The van der Waals surface area contributed by atoms with Crippen molar-refractivity contribution in [3.05, 3.63) is 0 Å². The average molecular weight is 322 g/mol. The summed E-state index contributed by atoms with van der Waals surface area (Å²) in [5.41, 5.74) is -0.0317. The third kappa shape index (κ3) is 4.25. The van der Waals surface area contributed by atoms with Gasteiger partial charge in [0.05, 0.1) is 19.3 Å². The van der Waals surface area contributed by atoms with E-state index in [0.717, 1.165) is 32.5 Å². The van der Waals surface area contributed by atoms with Gasteiger partial charge in [-0.2, -0.15) is 0 Å². The summed E-state index contributed by atoms with van der Waals surface area (Å²) in [6.07, 6.45) is 2.93. The second-order valence-electron chi connectivity index (χ2n) is 5.74. The van der Waals surface area contributed by atoms with Crippen LogP contribution in [0.25, 0.3) is 0 Å². The molecule has 0 N–H and O–H groups in total. The molecule has 6 nitrogen and oxygen atoms in total. The Morgan fingerprint density at radius 3 is 1.86 bits per heavy atom. The third-order valence-corrected chi connectivity index (χ3v) is 7.41. The molecule has 1 saturated heterocycles. The third-order valence-electron chi connectivity index (χ3n) is 4.39. The predicted molar refractivity (Wildman–Crippen MR) is 81.2 cm³/mol. The van der Waals surface area contributed by atoms with Crippen LogP contribution in [0.3, 0.4) is 0 Å². The van der Waals surface area contributed by atoms with E-state index in [0.29, 0.717) is 0 Å². The zero-order valence-corrected chi connectivity index (χ0v) is 15.1. The zero-order valence-electron chi connectivity index (χ0n) is 14.1. The summed E-state index contributed by atoms with van der Waals surface area (Å²) in [5.74, 6) is 0. The second kappa shape index (κ2) is 8.57. The van der Waals surface area contributed by atoms with E-state index in [1.807, 2.05) is 0 Å². The normalized spacial score (nSPS) is 20.9. The Morgan fingerprint density at radius 1 is 0.952 bits per heavy atom. The fourth-order valence-electron chi connectivity index (χ4n) is 2.93. The van der Waals surface area contributed by atoms with Crippen LogP contribution in [0.15, 0.2) is 0 Å². The fourth-order valence-corrected chi connectivity index (χ4v) is 5.07. The van der Waals surface area contributed by atoms with Crippen molar-refractivity contribution in [3.63, 3.8) is 0 Å². The first kappa shape index (κ1) is 19.0. The summed E-state index contributed by atoms with van der Waals surface area (Å²) < 4.78 is 33.0. The fraction of sp³-hybridized carbons (Fsp3) is 1.00. The first-order chi connectivity index (χ1) is 10.0. The van der Waals surface area contributed by atoms with Gasteiger partial charge in [-0.25, -0.2) is 0 Å². The van der Waals surface area contributed by atoms with E-state index in [2.05, 4.69) is 6.92 Å². The molecule has 0 bridgehead atoms. The van der Waals surface area contributed by atoms with Gasteiger partial charge in [-0.1, -0.05) is 6.92 Å².